The zero-order chi connectivity index (χ0) is 72.0. The molecule has 0 N–H and O–H groups in total. The zero-order valence-electron chi connectivity index (χ0n) is 58.7. The molecule has 0 saturated heterocycles. The lowest BCUT2D eigenvalue weighted by atomic mass is 10.00. The molecule has 12 heterocycles. The maximum atomic E-state index is 5.18. The maximum Gasteiger partial charge on any atom is 0.165 e. The zero-order valence-corrected chi connectivity index (χ0v) is 61.2. The van der Waals surface area contributed by atoms with Crippen molar-refractivity contribution in [1.82, 2.24) is 43.1 Å². The predicted octanol–water partition coefficient (Wildman–Crippen LogP) is 27.2. The van der Waals surface area contributed by atoms with E-state index in [1.807, 2.05) is 101 Å². The Balaban J connectivity index is 0.0000000935. The Bertz CT molecular complexity index is 8840. The third kappa shape index (κ3) is 8.27. The standard InChI is InChI=1S/C38H22N4S.2C30H15N3S/c1-3-10-23(11-4-1)41(24-12-5-2-6-13-24)25-18-21-33-30(22-25)28-20-19-27-26-14-9-15-29-34-38(40-32-17-8-7-16-31(32)39-34)42(35(26)29)36(27)37(28)43-33;1-2-7-17-16(6-1)12-14-23-26(17)27-24(34-23)15-13-22-25(27)18-8-5-9-19-28-30(33(22)29(18)19)32-21-11-4-3-10-20(21)31-28;1-2-7-17-16(6-1)12-13-25-27(17)21-14-20-18-8-5-9-19-28-30(32-23-11-4-3-10-22(23)31-28)33(29(18)19)24(20)15-26(21)34-25/h1-22H;2*1-15H. The minimum atomic E-state index is 0.916. The van der Waals surface area contributed by atoms with E-state index >= 15 is 0 Å². The molecule has 0 saturated carbocycles. The average molecular weight is 1470 g/mol. The van der Waals surface area contributed by atoms with E-state index in [0.29, 0.717) is 0 Å². The Labute approximate surface area is 640 Å². The van der Waals surface area contributed by atoms with Crippen LogP contribution in [0.1, 0.15) is 0 Å². The van der Waals surface area contributed by atoms with Gasteiger partial charge in [-0.1, -0.05) is 200 Å². The first-order chi connectivity index (χ1) is 55.0. The molecule has 16 aromatic carbocycles. The second kappa shape index (κ2) is 22.3. The van der Waals surface area contributed by atoms with Gasteiger partial charge in [-0.15, -0.1) is 34.0 Å². The number of anilines is 3. The number of rotatable bonds is 3. The number of hydrogen-bond donors (Lipinski definition) is 0. The monoisotopic (exact) mass is 1460 g/mol. The normalized spacial score (nSPS) is 12.5. The quantitative estimate of drug-likeness (QED) is 0.174. The Morgan fingerprint density at radius 3 is 1.26 bits per heavy atom. The van der Waals surface area contributed by atoms with Crippen LogP contribution in [0.25, 0.3) is 230 Å². The maximum absolute atomic E-state index is 5.18. The van der Waals surface area contributed by atoms with Gasteiger partial charge in [-0.25, -0.2) is 29.9 Å². The largest absolute Gasteiger partial charge is 0.310 e. The molecule has 28 aromatic rings. The lowest BCUT2D eigenvalue weighted by molar-refractivity contribution is 1.28. The van der Waals surface area contributed by atoms with Crippen molar-refractivity contribution in [3.8, 4) is 0 Å². The summed E-state index contributed by atoms with van der Waals surface area (Å²) in [5.41, 5.74) is 21.9. The molecule has 0 aliphatic carbocycles. The molecular weight excluding hydrogens is 1410 g/mol. The highest BCUT2D eigenvalue weighted by Gasteiger charge is 2.28. The van der Waals surface area contributed by atoms with E-state index in [4.69, 9.17) is 29.9 Å². The van der Waals surface area contributed by atoms with E-state index < -0.39 is 0 Å². The summed E-state index contributed by atoms with van der Waals surface area (Å²) < 4.78 is 14.9. The lowest BCUT2D eigenvalue weighted by Gasteiger charge is -2.25. The van der Waals surface area contributed by atoms with Gasteiger partial charge in [0.25, 0.3) is 0 Å². The highest BCUT2D eigenvalue weighted by molar-refractivity contribution is 7.27. The molecule has 0 amide bonds. The Kier molecular flexibility index (Phi) is 12.0. The summed E-state index contributed by atoms with van der Waals surface area (Å²) in [6.45, 7) is 0. The van der Waals surface area contributed by atoms with Gasteiger partial charge in [0, 0.05) is 121 Å². The van der Waals surface area contributed by atoms with E-state index in [0.717, 1.165) is 89.0 Å². The fourth-order valence-corrected chi connectivity index (χ4v) is 22.1. The molecule has 10 nitrogen and oxygen atoms in total. The number of para-hydroxylation sites is 11. The number of hydrogen-bond acceptors (Lipinski definition) is 10. The van der Waals surface area contributed by atoms with Gasteiger partial charge in [-0.05, 0) is 137 Å². The van der Waals surface area contributed by atoms with Crippen LogP contribution < -0.4 is 4.90 Å². The van der Waals surface area contributed by atoms with Crippen LogP contribution in [-0.4, -0.2) is 43.1 Å². The number of nitrogens with zero attached hydrogens (tertiary/aromatic N) is 10. The van der Waals surface area contributed by atoms with Crippen LogP contribution in [0.5, 0.6) is 0 Å². The third-order valence-corrected chi connectivity index (χ3v) is 26.7. The van der Waals surface area contributed by atoms with Crippen molar-refractivity contribution in [2.75, 3.05) is 4.90 Å². The Hall–Kier alpha value is -14.1. The summed E-state index contributed by atoms with van der Waals surface area (Å²) >= 11 is 5.62. The molecule has 0 atom stereocenters. The molecule has 0 aliphatic rings. The first kappa shape index (κ1) is 60.0. The van der Waals surface area contributed by atoms with Crippen LogP contribution in [0, 0.1) is 0 Å². The summed E-state index contributed by atoms with van der Waals surface area (Å²) in [7, 11) is 0. The fraction of sp³-hybridized carbons (Fsp3) is 0. The number of thiophene rings is 3. The summed E-state index contributed by atoms with van der Waals surface area (Å²) in [5.74, 6) is 0. The van der Waals surface area contributed by atoms with E-state index in [1.54, 1.807) is 0 Å². The van der Waals surface area contributed by atoms with Gasteiger partial charge < -0.3 is 4.90 Å². The Morgan fingerprint density at radius 1 is 0.216 bits per heavy atom. The van der Waals surface area contributed by atoms with Crippen LogP contribution in [0.4, 0.5) is 17.1 Å². The number of benzene rings is 16. The van der Waals surface area contributed by atoms with Crippen LogP contribution in [-0.2, 0) is 0 Å². The minimum absolute atomic E-state index is 0.916. The summed E-state index contributed by atoms with van der Waals surface area (Å²) in [6, 6.07) is 113. The third-order valence-electron chi connectivity index (χ3n) is 23.3. The molecule has 0 fully saturated rings. The van der Waals surface area contributed by atoms with Crippen LogP contribution in [0.3, 0.4) is 0 Å². The smallest absolute Gasteiger partial charge is 0.165 e. The van der Waals surface area contributed by atoms with Crippen molar-refractivity contribution < 1.29 is 0 Å². The number of fused-ring (bicyclic) bond motifs is 36. The predicted molar refractivity (Wildman–Crippen MR) is 471 cm³/mol. The molecule has 512 valence electrons. The van der Waals surface area contributed by atoms with Gasteiger partial charge in [0.05, 0.1) is 70.9 Å². The van der Waals surface area contributed by atoms with Gasteiger partial charge in [0.2, 0.25) is 0 Å². The second-order valence-corrected chi connectivity index (χ2v) is 32.3. The van der Waals surface area contributed by atoms with Gasteiger partial charge in [-0.3, -0.25) is 13.2 Å². The molecule has 0 bridgehead atoms. The molecule has 28 rings (SSSR count). The molecular formula is C98H52N10S3. The molecule has 0 aliphatic heterocycles. The van der Waals surface area contributed by atoms with Crippen molar-refractivity contribution in [1.29, 1.82) is 0 Å². The van der Waals surface area contributed by atoms with Crippen LogP contribution in [0.15, 0.2) is 315 Å². The van der Waals surface area contributed by atoms with Crippen molar-refractivity contribution >= 4 is 281 Å². The summed E-state index contributed by atoms with van der Waals surface area (Å²) in [6.07, 6.45) is 0. The van der Waals surface area contributed by atoms with Gasteiger partial charge in [-0.2, -0.15) is 0 Å². The molecule has 12 aromatic heterocycles. The van der Waals surface area contributed by atoms with Gasteiger partial charge in [0.15, 0.2) is 16.9 Å². The van der Waals surface area contributed by atoms with E-state index in [2.05, 4.69) is 267 Å². The lowest BCUT2D eigenvalue weighted by Crippen LogP contribution is -2.09. The molecule has 0 spiro atoms. The van der Waals surface area contributed by atoms with Gasteiger partial charge in [0.1, 0.15) is 16.6 Å². The van der Waals surface area contributed by atoms with E-state index in [9.17, 15) is 0 Å². The topological polar surface area (TPSA) is 93.8 Å². The fourth-order valence-electron chi connectivity index (χ4n) is 18.6. The first-order valence-electron chi connectivity index (χ1n) is 37.3. The van der Waals surface area contributed by atoms with Crippen molar-refractivity contribution in [3.63, 3.8) is 0 Å². The summed E-state index contributed by atoms with van der Waals surface area (Å²) in [5, 5.41) is 24.3. The Morgan fingerprint density at radius 2 is 0.649 bits per heavy atom. The number of aromatic nitrogens is 9. The molecule has 0 unspecified atom stereocenters. The first-order valence-corrected chi connectivity index (χ1v) is 39.8. The molecule has 111 heavy (non-hydrogen) atoms. The SMILES string of the molecule is c1ccc(N(c2ccccc2)c2ccc3sc4c(ccc5c6cccc7c8nc9ccccc9nc8n(c67)c54)c3c2)cc1.c1ccc2c(c1)ccc1sc3cc4c(cc3c12)c1cccc2c3nc5ccccc5nc3n4c12.c1ccc2c(c1)ccc1sc3ccc4c(c5cccc6c7nc8ccccc8nc7n4c65)c3c12. The molecule has 0 radical (unpaired) electrons. The highest BCUT2D eigenvalue weighted by atomic mass is 32.1. The van der Waals surface area contributed by atoms with E-state index in [-0.39, 0.29) is 0 Å². The van der Waals surface area contributed by atoms with Crippen molar-refractivity contribution in [2.45, 2.75) is 0 Å². The van der Waals surface area contributed by atoms with Crippen LogP contribution in [0.2, 0.25) is 0 Å². The average Bonchev–Trinajstić information content (AvgIpc) is 1.54. The molecule has 13 heteroatoms. The van der Waals surface area contributed by atoms with E-state index in [1.165, 1.54) is 158 Å². The minimum Gasteiger partial charge on any atom is -0.310 e. The van der Waals surface area contributed by atoms with Gasteiger partial charge >= 0.3 is 0 Å². The summed E-state index contributed by atoms with van der Waals surface area (Å²) in [4.78, 5) is 32.9. The highest BCUT2D eigenvalue weighted by Crippen LogP contribution is 2.51. The van der Waals surface area contributed by atoms with Crippen LogP contribution >= 0.6 is 34.0 Å². The van der Waals surface area contributed by atoms with Crippen molar-refractivity contribution in [2.24, 2.45) is 0 Å². The van der Waals surface area contributed by atoms with Crippen molar-refractivity contribution in [3.05, 3.63) is 315 Å². The second-order valence-electron chi connectivity index (χ2n) is 29.1.